The third kappa shape index (κ3) is 3.07. The van der Waals surface area contributed by atoms with Crippen LogP contribution in [0.25, 0.3) is 0 Å². The summed E-state index contributed by atoms with van der Waals surface area (Å²) in [5, 5.41) is 35.9. The largest absolute Gasteiger partial charge is 0.872 e. The molecular formula is C13H11F3N3O6-. The lowest BCUT2D eigenvalue weighted by Crippen LogP contribution is -2.72. The normalized spacial score (nSPS) is 26.5. The second-order valence-electron chi connectivity index (χ2n) is 5.41. The van der Waals surface area contributed by atoms with Gasteiger partial charge in [0.2, 0.25) is 5.72 Å². The molecule has 136 valence electrons. The highest BCUT2D eigenvalue weighted by atomic mass is 19.4. The number of alkyl halides is 3. The van der Waals surface area contributed by atoms with Crippen molar-refractivity contribution in [2.75, 3.05) is 0 Å². The van der Waals surface area contributed by atoms with Gasteiger partial charge in [-0.25, -0.2) is 4.79 Å². The first-order valence-corrected chi connectivity index (χ1v) is 6.72. The maximum atomic E-state index is 13.3. The summed E-state index contributed by atoms with van der Waals surface area (Å²) in [7, 11) is 0. The van der Waals surface area contributed by atoms with Crippen LogP contribution in [-0.4, -0.2) is 33.7 Å². The molecule has 0 spiro atoms. The van der Waals surface area contributed by atoms with Gasteiger partial charge in [-0.2, -0.15) is 13.2 Å². The molecule has 0 bridgehead atoms. The fourth-order valence-electron chi connectivity index (χ4n) is 2.68. The molecule has 1 heterocycles. The van der Waals surface area contributed by atoms with E-state index in [9.17, 15) is 43.1 Å². The third-order valence-corrected chi connectivity index (χ3v) is 3.78. The lowest BCUT2D eigenvalue weighted by molar-refractivity contribution is -0.385. The standard InChI is InChI=1S/C13H12F3N3O6/c1-5(20)9-10(7-4-6(19(24)25)2-3-8(7)21)17-11(22)18-12(9,23)13(14,15)16/h2-4,9-10,21,23H,1H3,(H2,17,18,22)/p-1/t9-,10+,12+/m0/s1. The number of hydrogen-bond acceptors (Lipinski definition) is 6. The van der Waals surface area contributed by atoms with Crippen molar-refractivity contribution in [2.45, 2.75) is 24.9 Å². The van der Waals surface area contributed by atoms with E-state index in [4.69, 9.17) is 0 Å². The van der Waals surface area contributed by atoms with E-state index in [2.05, 4.69) is 0 Å². The summed E-state index contributed by atoms with van der Waals surface area (Å²) in [6.45, 7) is 0.732. The van der Waals surface area contributed by atoms with Gasteiger partial charge in [-0.3, -0.25) is 14.9 Å². The Morgan fingerprint density at radius 1 is 1.40 bits per heavy atom. The molecule has 1 aliphatic heterocycles. The Morgan fingerprint density at radius 3 is 2.48 bits per heavy atom. The molecular weight excluding hydrogens is 351 g/mol. The van der Waals surface area contributed by atoms with E-state index in [-0.39, 0.29) is 0 Å². The lowest BCUT2D eigenvalue weighted by Gasteiger charge is -2.45. The molecule has 1 aromatic rings. The molecule has 3 atom stereocenters. The highest BCUT2D eigenvalue weighted by Gasteiger charge is 2.65. The van der Waals surface area contributed by atoms with E-state index in [1.165, 1.54) is 5.32 Å². The van der Waals surface area contributed by atoms with E-state index in [0.29, 0.717) is 6.07 Å². The Kier molecular flexibility index (Phi) is 4.34. The van der Waals surface area contributed by atoms with Crippen molar-refractivity contribution in [1.82, 2.24) is 10.6 Å². The van der Waals surface area contributed by atoms with Gasteiger partial charge in [-0.05, 0) is 12.5 Å². The highest BCUT2D eigenvalue weighted by Crippen LogP contribution is 2.44. The number of Topliss-reactive ketones (excluding diaryl/α,β-unsaturated/α-hetero) is 1. The van der Waals surface area contributed by atoms with Crippen LogP contribution in [-0.2, 0) is 4.79 Å². The van der Waals surface area contributed by atoms with Crippen LogP contribution in [0, 0.1) is 16.0 Å². The first-order valence-electron chi connectivity index (χ1n) is 6.72. The molecule has 0 aromatic heterocycles. The zero-order valence-corrected chi connectivity index (χ0v) is 12.5. The minimum absolute atomic E-state index is 0.619. The van der Waals surface area contributed by atoms with Crippen LogP contribution in [0.4, 0.5) is 23.7 Å². The monoisotopic (exact) mass is 362 g/mol. The zero-order chi connectivity index (χ0) is 19.2. The minimum Gasteiger partial charge on any atom is -0.872 e. The van der Waals surface area contributed by atoms with Gasteiger partial charge in [0.15, 0.2) is 0 Å². The van der Waals surface area contributed by atoms with E-state index in [0.717, 1.165) is 19.1 Å². The third-order valence-electron chi connectivity index (χ3n) is 3.78. The van der Waals surface area contributed by atoms with Crippen molar-refractivity contribution in [3.8, 4) is 5.75 Å². The summed E-state index contributed by atoms with van der Waals surface area (Å²) in [5.74, 6) is -4.46. The van der Waals surface area contributed by atoms with E-state index >= 15 is 0 Å². The molecule has 9 nitrogen and oxygen atoms in total. The molecule has 25 heavy (non-hydrogen) atoms. The van der Waals surface area contributed by atoms with Crippen molar-refractivity contribution >= 4 is 17.5 Å². The Hall–Kier alpha value is -2.89. The van der Waals surface area contributed by atoms with Gasteiger partial charge < -0.3 is 20.8 Å². The van der Waals surface area contributed by atoms with Crippen LogP contribution in [0.2, 0.25) is 0 Å². The van der Waals surface area contributed by atoms with E-state index in [1.54, 1.807) is 0 Å². The number of hydrogen-bond donors (Lipinski definition) is 3. The predicted octanol–water partition coefficient (Wildman–Crippen LogP) is 0.478. The van der Waals surface area contributed by atoms with Crippen molar-refractivity contribution < 1.29 is 37.9 Å². The van der Waals surface area contributed by atoms with Gasteiger partial charge in [0.1, 0.15) is 5.78 Å². The van der Waals surface area contributed by atoms with E-state index in [1.807, 2.05) is 5.32 Å². The zero-order valence-electron chi connectivity index (χ0n) is 12.5. The number of benzene rings is 1. The van der Waals surface area contributed by atoms with Crippen LogP contribution >= 0.6 is 0 Å². The molecule has 2 rings (SSSR count). The lowest BCUT2D eigenvalue weighted by atomic mass is 9.79. The number of halogens is 3. The maximum Gasteiger partial charge on any atom is 0.437 e. The fraction of sp³-hybridized carbons (Fsp3) is 0.385. The molecule has 0 aliphatic carbocycles. The molecule has 0 saturated carbocycles. The van der Waals surface area contributed by atoms with Crippen LogP contribution in [0.3, 0.4) is 0 Å². The topological polar surface area (TPSA) is 145 Å². The van der Waals surface area contributed by atoms with Crippen molar-refractivity contribution in [3.63, 3.8) is 0 Å². The van der Waals surface area contributed by atoms with Crippen LogP contribution in [0.1, 0.15) is 18.5 Å². The van der Waals surface area contributed by atoms with Gasteiger partial charge >= 0.3 is 12.2 Å². The number of ketones is 1. The fourth-order valence-corrected chi connectivity index (χ4v) is 2.68. The first-order chi connectivity index (χ1) is 11.4. The predicted molar refractivity (Wildman–Crippen MR) is 72.1 cm³/mol. The van der Waals surface area contributed by atoms with Crippen LogP contribution < -0.4 is 15.7 Å². The number of non-ortho nitro benzene ring substituents is 1. The Balaban J connectivity index is 2.66. The number of nitro groups is 1. The minimum atomic E-state index is -5.44. The van der Waals surface area contributed by atoms with Crippen LogP contribution in [0.5, 0.6) is 5.75 Å². The second kappa shape index (κ2) is 5.88. The molecule has 0 radical (unpaired) electrons. The second-order valence-corrected chi connectivity index (χ2v) is 5.41. The van der Waals surface area contributed by atoms with Gasteiger partial charge in [0.25, 0.3) is 5.69 Å². The Morgan fingerprint density at radius 2 is 2.00 bits per heavy atom. The number of carbonyl (C=O) groups is 2. The average molecular weight is 362 g/mol. The average Bonchev–Trinajstić information content (AvgIpc) is 2.44. The summed E-state index contributed by atoms with van der Waals surface area (Å²) in [6, 6.07) is -1.19. The van der Waals surface area contributed by atoms with Gasteiger partial charge in [-0.1, -0.05) is 6.07 Å². The summed E-state index contributed by atoms with van der Waals surface area (Å²) in [5.41, 5.74) is -5.18. The number of nitrogens with one attached hydrogen (secondary N) is 2. The number of carbonyl (C=O) groups excluding carboxylic acids is 2. The Bertz CT molecular complexity index is 753. The number of rotatable bonds is 3. The van der Waals surface area contributed by atoms with Gasteiger partial charge in [-0.15, -0.1) is 5.75 Å². The van der Waals surface area contributed by atoms with Gasteiger partial charge in [0.05, 0.1) is 16.9 Å². The summed E-state index contributed by atoms with van der Waals surface area (Å²) < 4.78 is 39.8. The van der Waals surface area contributed by atoms with Crippen molar-refractivity contribution in [1.29, 1.82) is 0 Å². The van der Waals surface area contributed by atoms with Crippen molar-refractivity contribution in [3.05, 3.63) is 33.9 Å². The van der Waals surface area contributed by atoms with Crippen LogP contribution in [0.15, 0.2) is 18.2 Å². The van der Waals surface area contributed by atoms with Crippen molar-refractivity contribution in [2.24, 2.45) is 5.92 Å². The molecule has 1 saturated heterocycles. The highest BCUT2D eigenvalue weighted by molar-refractivity contribution is 5.86. The summed E-state index contributed by atoms with van der Waals surface area (Å²) >= 11 is 0. The molecule has 0 unspecified atom stereocenters. The van der Waals surface area contributed by atoms with E-state index < -0.39 is 57.6 Å². The first kappa shape index (κ1) is 18.4. The number of aliphatic hydroxyl groups is 1. The number of nitro benzene ring substituents is 1. The molecule has 1 fully saturated rings. The molecule has 2 amide bonds. The smallest absolute Gasteiger partial charge is 0.437 e. The molecule has 1 aromatic carbocycles. The molecule has 12 heteroatoms. The maximum absolute atomic E-state index is 13.3. The Labute approximate surface area is 137 Å². The quantitative estimate of drug-likeness (QED) is 0.527. The number of amides is 2. The number of nitrogens with zero attached hydrogens (tertiary/aromatic N) is 1. The molecule has 3 N–H and O–H groups in total. The number of urea groups is 1. The SMILES string of the molecule is CC(=O)[C@H]1[C@@H](c2cc([N+](=O)[O-])ccc2[O-])NC(=O)N[C@]1(O)C(F)(F)F. The molecule has 1 aliphatic rings. The van der Waals surface area contributed by atoms with Gasteiger partial charge in [0, 0.05) is 12.1 Å². The summed E-state index contributed by atoms with van der Waals surface area (Å²) in [6.07, 6.45) is -5.44. The summed E-state index contributed by atoms with van der Waals surface area (Å²) in [4.78, 5) is 33.3.